The quantitative estimate of drug-likeness (QED) is 0.335. The predicted molar refractivity (Wildman–Crippen MR) is 119 cm³/mol. The molecular weight excluding hydrogens is 402 g/mol. The first kappa shape index (κ1) is 23.6. The van der Waals surface area contributed by atoms with Crippen molar-refractivity contribution in [2.24, 2.45) is 11.8 Å². The zero-order chi connectivity index (χ0) is 22.3. The minimum atomic E-state index is -0.505. The van der Waals surface area contributed by atoms with E-state index in [0.29, 0.717) is 4.86 Å². The molecule has 3 atom stereocenters. The number of aromatic nitrogens is 1. The Morgan fingerprint density at radius 1 is 1.13 bits per heavy atom. The van der Waals surface area contributed by atoms with Crippen molar-refractivity contribution in [3.63, 3.8) is 0 Å². The molecule has 7 heteroatoms. The Hall–Kier alpha value is -2.67. The molecule has 30 heavy (non-hydrogen) atoms. The fourth-order valence-corrected chi connectivity index (χ4v) is 3.47. The largest absolute Gasteiger partial charge is 0.503 e. The Morgan fingerprint density at radius 3 is 2.40 bits per heavy atom. The third kappa shape index (κ3) is 6.16. The van der Waals surface area contributed by atoms with Gasteiger partial charge in [-0.1, -0.05) is 51.2 Å². The number of benzene rings is 1. The summed E-state index contributed by atoms with van der Waals surface area (Å²) in [6, 6.07) is 11.0. The number of aromatic hydroxyl groups is 1. The van der Waals surface area contributed by atoms with Gasteiger partial charge in [0.05, 0.1) is 13.0 Å². The first-order valence-electron chi connectivity index (χ1n) is 9.91. The van der Waals surface area contributed by atoms with Crippen molar-refractivity contribution in [2.45, 2.75) is 46.3 Å². The summed E-state index contributed by atoms with van der Waals surface area (Å²) in [5.41, 5.74) is 0.241. The van der Waals surface area contributed by atoms with E-state index in [1.807, 2.05) is 51.1 Å². The molecule has 1 aromatic heterocycles. The third-order valence-corrected chi connectivity index (χ3v) is 5.06. The van der Waals surface area contributed by atoms with Gasteiger partial charge in [-0.15, -0.1) is 0 Å². The van der Waals surface area contributed by atoms with E-state index in [0.717, 1.165) is 5.75 Å². The number of thiocarbonyl (C=S) groups is 1. The van der Waals surface area contributed by atoms with Gasteiger partial charge in [0.15, 0.2) is 11.5 Å². The molecule has 0 amide bonds. The molecule has 2 aromatic rings. The monoisotopic (exact) mass is 431 g/mol. The molecule has 1 aromatic carbocycles. The standard InChI is InChI=1S/C23H29NO5S/c1-14(2)22(16(4)28-17-9-7-6-8-10-17)29-23(26)15(3)13-19(30)20-21(25)18(27-5)11-12-24-20/h6-12,14-16,22,25H,13H2,1-5H3/t15-,16-,22+/m1/s1. The number of nitrogens with zero attached hydrogens (tertiary/aromatic N) is 1. The van der Waals surface area contributed by atoms with E-state index in [1.165, 1.54) is 13.3 Å². The van der Waals surface area contributed by atoms with E-state index in [-0.39, 0.29) is 41.6 Å². The van der Waals surface area contributed by atoms with Crippen LogP contribution in [0.25, 0.3) is 0 Å². The van der Waals surface area contributed by atoms with Gasteiger partial charge in [0.1, 0.15) is 23.7 Å². The number of hydrogen-bond donors (Lipinski definition) is 1. The maximum absolute atomic E-state index is 12.7. The third-order valence-electron chi connectivity index (χ3n) is 4.70. The topological polar surface area (TPSA) is 77.9 Å². The number of esters is 1. The molecule has 0 aliphatic rings. The maximum atomic E-state index is 12.7. The molecule has 6 nitrogen and oxygen atoms in total. The van der Waals surface area contributed by atoms with Crippen molar-refractivity contribution < 1.29 is 24.1 Å². The lowest BCUT2D eigenvalue weighted by molar-refractivity contribution is -0.160. The number of pyridine rings is 1. The summed E-state index contributed by atoms with van der Waals surface area (Å²) < 4.78 is 16.8. The minimum absolute atomic E-state index is 0.0657. The molecule has 0 radical (unpaired) electrons. The predicted octanol–water partition coefficient (Wildman–Crippen LogP) is 4.58. The molecule has 0 aliphatic carbocycles. The van der Waals surface area contributed by atoms with E-state index in [4.69, 9.17) is 26.4 Å². The molecular formula is C23H29NO5S. The lowest BCUT2D eigenvalue weighted by atomic mass is 10.0. The van der Waals surface area contributed by atoms with Crippen LogP contribution in [0.4, 0.5) is 0 Å². The molecule has 1 N–H and O–H groups in total. The van der Waals surface area contributed by atoms with Crippen LogP contribution in [0.3, 0.4) is 0 Å². The van der Waals surface area contributed by atoms with Crippen LogP contribution >= 0.6 is 12.2 Å². The zero-order valence-corrected chi connectivity index (χ0v) is 18.8. The highest BCUT2D eigenvalue weighted by molar-refractivity contribution is 7.80. The molecule has 0 saturated carbocycles. The van der Waals surface area contributed by atoms with Gasteiger partial charge in [0.2, 0.25) is 0 Å². The van der Waals surface area contributed by atoms with Crippen molar-refractivity contribution in [2.75, 3.05) is 7.11 Å². The van der Waals surface area contributed by atoms with Crippen molar-refractivity contribution in [1.29, 1.82) is 0 Å². The van der Waals surface area contributed by atoms with E-state index < -0.39 is 12.0 Å². The van der Waals surface area contributed by atoms with Crippen LogP contribution in [0.15, 0.2) is 42.6 Å². The molecule has 0 saturated heterocycles. The highest BCUT2D eigenvalue weighted by atomic mass is 32.1. The van der Waals surface area contributed by atoms with Crippen LogP contribution in [0, 0.1) is 11.8 Å². The first-order chi connectivity index (χ1) is 14.2. The van der Waals surface area contributed by atoms with Gasteiger partial charge < -0.3 is 19.3 Å². The van der Waals surface area contributed by atoms with Gasteiger partial charge in [-0.05, 0) is 31.4 Å². The van der Waals surface area contributed by atoms with Crippen LogP contribution in [-0.2, 0) is 9.53 Å². The second kappa shape index (κ2) is 10.9. The molecule has 0 aliphatic heterocycles. The van der Waals surface area contributed by atoms with Gasteiger partial charge in [0.25, 0.3) is 0 Å². The molecule has 0 bridgehead atoms. The number of methoxy groups -OCH3 is 1. The summed E-state index contributed by atoms with van der Waals surface area (Å²) in [4.78, 5) is 17.2. The lowest BCUT2D eigenvalue weighted by Crippen LogP contribution is -2.39. The lowest BCUT2D eigenvalue weighted by Gasteiger charge is -2.29. The Bertz CT molecular complexity index is 856. The number of hydrogen-bond acceptors (Lipinski definition) is 7. The maximum Gasteiger partial charge on any atom is 0.309 e. The number of carbonyl (C=O) groups excluding carboxylic acids is 1. The van der Waals surface area contributed by atoms with Gasteiger partial charge in [-0.3, -0.25) is 9.78 Å². The van der Waals surface area contributed by atoms with Crippen LogP contribution in [-0.4, -0.2) is 40.2 Å². The highest BCUT2D eigenvalue weighted by Gasteiger charge is 2.29. The van der Waals surface area contributed by atoms with Gasteiger partial charge in [0, 0.05) is 17.1 Å². The molecule has 0 fully saturated rings. The summed E-state index contributed by atoms with van der Waals surface area (Å²) in [6.07, 6.45) is 0.984. The molecule has 0 spiro atoms. The molecule has 1 heterocycles. The van der Waals surface area contributed by atoms with E-state index in [1.54, 1.807) is 13.0 Å². The minimum Gasteiger partial charge on any atom is -0.503 e. The molecule has 2 rings (SSSR count). The summed E-state index contributed by atoms with van der Waals surface area (Å²) in [5.74, 6) is 0.0632. The number of carbonyl (C=O) groups is 1. The fraction of sp³-hybridized carbons (Fsp3) is 0.435. The average Bonchev–Trinajstić information content (AvgIpc) is 2.72. The van der Waals surface area contributed by atoms with Crippen molar-refractivity contribution >= 4 is 23.1 Å². The van der Waals surface area contributed by atoms with Crippen molar-refractivity contribution in [1.82, 2.24) is 4.98 Å². The summed E-state index contributed by atoms with van der Waals surface area (Å²) in [5, 5.41) is 10.2. The zero-order valence-electron chi connectivity index (χ0n) is 18.0. The summed E-state index contributed by atoms with van der Waals surface area (Å²) >= 11 is 5.40. The second-order valence-electron chi connectivity index (χ2n) is 7.52. The second-order valence-corrected chi connectivity index (χ2v) is 8.01. The van der Waals surface area contributed by atoms with Gasteiger partial charge >= 0.3 is 5.97 Å². The Labute approximate surface area is 183 Å². The molecule has 162 valence electrons. The fourth-order valence-electron chi connectivity index (χ4n) is 3.07. The van der Waals surface area contributed by atoms with E-state index in [2.05, 4.69) is 4.98 Å². The van der Waals surface area contributed by atoms with E-state index in [9.17, 15) is 9.90 Å². The number of rotatable bonds is 10. The Kier molecular flexibility index (Phi) is 8.59. The highest BCUT2D eigenvalue weighted by Crippen LogP contribution is 2.30. The van der Waals surface area contributed by atoms with Crippen LogP contribution in [0.2, 0.25) is 0 Å². The Balaban J connectivity index is 2.02. The normalized spacial score (nSPS) is 13.9. The first-order valence-corrected chi connectivity index (χ1v) is 10.3. The smallest absolute Gasteiger partial charge is 0.309 e. The van der Waals surface area contributed by atoms with Crippen LogP contribution in [0.1, 0.15) is 39.8 Å². The van der Waals surface area contributed by atoms with Crippen LogP contribution in [0.5, 0.6) is 17.2 Å². The van der Waals surface area contributed by atoms with Gasteiger partial charge in [-0.2, -0.15) is 0 Å². The van der Waals surface area contributed by atoms with Crippen molar-refractivity contribution in [3.8, 4) is 17.2 Å². The summed E-state index contributed by atoms with van der Waals surface area (Å²) in [6.45, 7) is 7.59. The Morgan fingerprint density at radius 2 is 1.80 bits per heavy atom. The average molecular weight is 432 g/mol. The van der Waals surface area contributed by atoms with Crippen LogP contribution < -0.4 is 9.47 Å². The number of ether oxygens (including phenoxy) is 3. The number of para-hydroxylation sites is 1. The van der Waals surface area contributed by atoms with Crippen molar-refractivity contribution in [3.05, 3.63) is 48.3 Å². The van der Waals surface area contributed by atoms with Gasteiger partial charge in [-0.25, -0.2) is 0 Å². The van der Waals surface area contributed by atoms with E-state index >= 15 is 0 Å². The molecule has 0 unspecified atom stereocenters. The summed E-state index contributed by atoms with van der Waals surface area (Å²) in [7, 11) is 1.45. The SMILES string of the molecule is COc1ccnc(C(=S)C[C@@H](C)C(=O)O[C@@H](C(C)C)[C@@H](C)Oc2ccccc2)c1O.